The van der Waals surface area contributed by atoms with Crippen molar-refractivity contribution in [2.24, 2.45) is 5.92 Å². The summed E-state index contributed by atoms with van der Waals surface area (Å²) in [5.41, 5.74) is 11.8. The number of rotatable bonds is 5. The third-order valence-corrected chi connectivity index (χ3v) is 6.81. The Kier molecular flexibility index (Phi) is 20.2. The van der Waals surface area contributed by atoms with Gasteiger partial charge in [0.1, 0.15) is 0 Å². The summed E-state index contributed by atoms with van der Waals surface area (Å²) >= 11 is 0. The zero-order valence-corrected chi connectivity index (χ0v) is 27.9. The van der Waals surface area contributed by atoms with Gasteiger partial charge in [-0.3, -0.25) is 0 Å². The molecule has 1 heterocycles. The molecule has 43 heavy (non-hydrogen) atoms. The van der Waals surface area contributed by atoms with E-state index < -0.39 is 0 Å². The van der Waals surface area contributed by atoms with E-state index in [4.69, 9.17) is 5.73 Å². The Bertz CT molecular complexity index is 1370. The minimum Gasteiger partial charge on any atom is -0.668 e. The standard InChI is InChI=1S/C16H14.C13H10N.C7H13NO.2CH3.Si.Ti/c1-3-9-15(10-4-1)13-7-8-14-16-11-5-2-6-12-16;1-2-4-11-8-13(7-10(11)3-1)12-5-6-14-9-12;8-7(9)6-4-2-1-3-5-6;;;;/h1-14H;1-9,14H;6H,1-5H2,(H2,8,9);2*1H3;;/q;-1;;2*-1;;+4/p-1. The molecule has 0 saturated heterocycles. The van der Waals surface area contributed by atoms with E-state index in [0.717, 1.165) is 25.7 Å². The molecule has 1 aromatic heterocycles. The molecule has 3 nitrogen and oxygen atoms in total. The number of allylic oxidation sites excluding steroid dienone is 2. The van der Waals surface area contributed by atoms with Crippen molar-refractivity contribution in [2.45, 2.75) is 32.1 Å². The van der Waals surface area contributed by atoms with Crippen molar-refractivity contribution in [2.75, 3.05) is 0 Å². The van der Waals surface area contributed by atoms with Crippen LogP contribution in [0.1, 0.15) is 43.2 Å². The minimum atomic E-state index is -0.352. The molecule has 0 spiro atoms. The van der Waals surface area contributed by atoms with E-state index in [9.17, 15) is 4.79 Å². The third-order valence-electron chi connectivity index (χ3n) is 6.81. The summed E-state index contributed by atoms with van der Waals surface area (Å²) in [5, 5.41) is 2.62. The first kappa shape index (κ1) is 39.4. The Balaban J connectivity index is 0.000000607. The van der Waals surface area contributed by atoms with Crippen LogP contribution in [0, 0.1) is 20.8 Å². The molecule has 1 fully saturated rings. The number of carbonyl (C=O) groups excluding carboxylic acids is 1. The first-order valence-corrected chi connectivity index (χ1v) is 13.7. The number of hydrogen-bond acceptors (Lipinski definition) is 1. The summed E-state index contributed by atoms with van der Waals surface area (Å²) < 4.78 is 0. The van der Waals surface area contributed by atoms with Crippen molar-refractivity contribution in [3.8, 4) is 11.1 Å². The van der Waals surface area contributed by atoms with E-state index in [1.54, 1.807) is 0 Å². The zero-order valence-electron chi connectivity index (χ0n) is 25.3. The molecule has 1 amide bonds. The minimum absolute atomic E-state index is 0. The fourth-order valence-corrected chi connectivity index (χ4v) is 4.65. The molecule has 5 heteroatoms. The second kappa shape index (κ2) is 22.0. The van der Waals surface area contributed by atoms with Gasteiger partial charge in [0.25, 0.3) is 0 Å². The molecule has 0 unspecified atom stereocenters. The normalized spacial score (nSPS) is 12.3. The van der Waals surface area contributed by atoms with Crippen molar-refractivity contribution in [1.82, 2.24) is 4.98 Å². The summed E-state index contributed by atoms with van der Waals surface area (Å²) in [4.78, 5) is 13.5. The van der Waals surface area contributed by atoms with Crippen molar-refractivity contribution in [3.63, 3.8) is 0 Å². The number of nitrogens with one attached hydrogen (secondary N) is 2. The summed E-state index contributed by atoms with van der Waals surface area (Å²) in [6.45, 7) is 0. The second-order valence-corrected chi connectivity index (χ2v) is 9.71. The van der Waals surface area contributed by atoms with Gasteiger partial charge in [0.15, 0.2) is 0 Å². The SMILES string of the molecule is C(C=Cc1ccccc1)=Cc1ccccc1.[CH3-].[CH3-].[NH-]C(=O)C1CCCCC1.[Si].[Ti+4].c1ccc2[cH-]c(-c3cc[nH]c3)cc2c1. The molecule has 2 N–H and O–H groups in total. The monoisotopic (exact) mass is 618 g/mol. The van der Waals surface area contributed by atoms with E-state index in [1.807, 2.05) is 48.8 Å². The number of amides is 1. The van der Waals surface area contributed by atoms with Crippen molar-refractivity contribution >= 4 is 39.8 Å². The van der Waals surface area contributed by atoms with Crippen LogP contribution in [-0.2, 0) is 26.5 Å². The molecule has 5 aromatic rings. The van der Waals surface area contributed by atoms with Gasteiger partial charge in [0.2, 0.25) is 0 Å². The van der Waals surface area contributed by atoms with Crippen LogP contribution >= 0.6 is 0 Å². The molecule has 1 aliphatic carbocycles. The van der Waals surface area contributed by atoms with E-state index in [-0.39, 0.29) is 59.4 Å². The second-order valence-electron chi connectivity index (χ2n) is 9.71. The fourth-order valence-electron chi connectivity index (χ4n) is 4.65. The Morgan fingerprint density at radius 1 is 0.767 bits per heavy atom. The quantitative estimate of drug-likeness (QED) is 0.119. The number of fused-ring (bicyclic) bond motifs is 1. The molecule has 1 aliphatic rings. The first-order chi connectivity index (χ1) is 19.2. The van der Waals surface area contributed by atoms with Gasteiger partial charge in [0.05, 0.1) is 5.91 Å². The van der Waals surface area contributed by atoms with Gasteiger partial charge in [-0.05, 0) is 36.4 Å². The topological polar surface area (TPSA) is 56.7 Å². The van der Waals surface area contributed by atoms with Crippen LogP contribution in [0.5, 0.6) is 0 Å². The molecule has 4 radical (unpaired) electrons. The van der Waals surface area contributed by atoms with E-state index in [2.05, 4.69) is 96.0 Å². The molecule has 0 bridgehead atoms. The average Bonchev–Trinajstić information content (AvgIpc) is 3.68. The third kappa shape index (κ3) is 13.5. The van der Waals surface area contributed by atoms with Crippen LogP contribution in [0.3, 0.4) is 0 Å². The molecule has 0 aliphatic heterocycles. The number of hydrogen-bond donors (Lipinski definition) is 1. The number of H-pyrrole nitrogens is 1. The number of benzene rings is 3. The molecule has 1 saturated carbocycles. The summed E-state index contributed by atoms with van der Waals surface area (Å²) in [5.74, 6) is -0.270. The Morgan fingerprint density at radius 3 is 1.77 bits per heavy atom. The summed E-state index contributed by atoms with van der Waals surface area (Å²) in [7, 11) is 0. The van der Waals surface area contributed by atoms with Crippen LogP contribution in [0.25, 0.3) is 39.8 Å². The summed E-state index contributed by atoms with van der Waals surface area (Å²) in [6, 6.07) is 35.5. The maximum Gasteiger partial charge on any atom is 4.00 e. The Labute approximate surface area is 278 Å². The van der Waals surface area contributed by atoms with E-state index in [1.165, 1.54) is 39.4 Å². The Hall–Kier alpha value is -3.57. The smallest absolute Gasteiger partial charge is 0.668 e. The van der Waals surface area contributed by atoms with E-state index >= 15 is 0 Å². The van der Waals surface area contributed by atoms with Crippen LogP contribution in [0.2, 0.25) is 0 Å². The molecule has 4 aromatic carbocycles. The number of aromatic amines is 1. The predicted molar refractivity (Wildman–Crippen MR) is 185 cm³/mol. The van der Waals surface area contributed by atoms with Crippen molar-refractivity contribution < 1.29 is 26.5 Å². The fraction of sp³-hybridized carbons (Fsp3) is 0.158. The van der Waals surface area contributed by atoms with Crippen LogP contribution in [0.4, 0.5) is 0 Å². The number of aromatic nitrogens is 1. The van der Waals surface area contributed by atoms with Gasteiger partial charge in [0, 0.05) is 16.9 Å². The van der Waals surface area contributed by atoms with Gasteiger partial charge in [-0.25, -0.2) is 0 Å². The molecule has 0 atom stereocenters. The zero-order chi connectivity index (χ0) is 27.1. The van der Waals surface area contributed by atoms with Gasteiger partial charge in [-0.2, -0.15) is 0 Å². The molecular formula is C38H42N2OSiTi. The maximum absolute atomic E-state index is 10.5. The number of carbonyl (C=O) groups is 1. The average molecular weight is 619 g/mol. The Morgan fingerprint density at radius 2 is 1.30 bits per heavy atom. The maximum atomic E-state index is 10.5. The molecular weight excluding hydrogens is 576 g/mol. The molecule has 6 rings (SSSR count). The summed E-state index contributed by atoms with van der Waals surface area (Å²) in [6.07, 6.45) is 17.8. The van der Waals surface area contributed by atoms with Crippen LogP contribution in [-0.4, -0.2) is 21.9 Å². The van der Waals surface area contributed by atoms with E-state index in [0.29, 0.717) is 0 Å². The van der Waals surface area contributed by atoms with Gasteiger partial charge in [-0.1, -0.05) is 134 Å². The van der Waals surface area contributed by atoms with Gasteiger partial charge in [-0.15, -0.1) is 34.5 Å². The van der Waals surface area contributed by atoms with Crippen molar-refractivity contribution in [3.05, 3.63) is 159 Å². The van der Waals surface area contributed by atoms with Gasteiger partial charge < -0.3 is 30.4 Å². The predicted octanol–water partition coefficient (Wildman–Crippen LogP) is 10.6. The van der Waals surface area contributed by atoms with Crippen molar-refractivity contribution in [1.29, 1.82) is 0 Å². The largest absolute Gasteiger partial charge is 4.00 e. The van der Waals surface area contributed by atoms with Crippen LogP contribution in [0.15, 0.2) is 128 Å². The molecule has 218 valence electrons. The first-order valence-electron chi connectivity index (χ1n) is 13.7. The van der Waals surface area contributed by atoms with Crippen LogP contribution < -0.4 is 0 Å². The van der Waals surface area contributed by atoms with Gasteiger partial charge >= 0.3 is 21.7 Å².